The van der Waals surface area contributed by atoms with Crippen LogP contribution in [0.3, 0.4) is 0 Å². The number of aromatic nitrogens is 3. The van der Waals surface area contributed by atoms with Crippen molar-refractivity contribution in [2.45, 2.75) is 32.7 Å². The Morgan fingerprint density at radius 2 is 2.29 bits per heavy atom. The van der Waals surface area contributed by atoms with Gasteiger partial charge in [-0.25, -0.2) is 4.39 Å². The molecule has 3 aromatic rings. The fourth-order valence-electron chi connectivity index (χ4n) is 3.34. The monoisotopic (exact) mass is 381 g/mol. The van der Waals surface area contributed by atoms with Crippen molar-refractivity contribution in [3.63, 3.8) is 0 Å². The third kappa shape index (κ3) is 3.91. The van der Waals surface area contributed by atoms with Gasteiger partial charge in [0, 0.05) is 42.5 Å². The second kappa shape index (κ2) is 7.85. The van der Waals surface area contributed by atoms with E-state index >= 15 is 0 Å². The molecule has 0 bridgehead atoms. The van der Waals surface area contributed by atoms with Gasteiger partial charge in [-0.05, 0) is 49.2 Å². The lowest BCUT2D eigenvalue weighted by Gasteiger charge is -2.19. The highest BCUT2D eigenvalue weighted by atomic mass is 19.1. The summed E-state index contributed by atoms with van der Waals surface area (Å²) < 4.78 is 18.5. The Bertz CT molecular complexity index is 1020. The van der Waals surface area contributed by atoms with Crippen LogP contribution in [0.4, 0.5) is 10.1 Å². The fraction of sp³-hybridized carbons (Fsp3) is 0.300. The van der Waals surface area contributed by atoms with Crippen LogP contribution in [0.15, 0.2) is 35.0 Å². The minimum atomic E-state index is -0.398. The number of aryl methyl sites for hydroxylation is 2. The van der Waals surface area contributed by atoms with E-state index in [0.717, 1.165) is 36.3 Å². The quantitative estimate of drug-likeness (QED) is 0.706. The number of rotatable bonds is 5. The Hall–Kier alpha value is -3.13. The van der Waals surface area contributed by atoms with Crippen molar-refractivity contribution in [1.82, 2.24) is 20.4 Å². The van der Waals surface area contributed by atoms with Gasteiger partial charge in [-0.15, -0.1) is 0 Å². The van der Waals surface area contributed by atoms with Crippen molar-refractivity contribution in [2.75, 3.05) is 11.9 Å². The van der Waals surface area contributed by atoms with Gasteiger partial charge in [-0.2, -0.15) is 4.98 Å². The molecule has 7 nitrogen and oxygen atoms in total. The van der Waals surface area contributed by atoms with E-state index in [1.807, 2.05) is 13.1 Å². The summed E-state index contributed by atoms with van der Waals surface area (Å²) in [5.74, 6) is 0.246. The Kier molecular flexibility index (Phi) is 5.12. The lowest BCUT2D eigenvalue weighted by Crippen LogP contribution is -2.24. The van der Waals surface area contributed by atoms with Gasteiger partial charge in [0.25, 0.3) is 0 Å². The van der Waals surface area contributed by atoms with E-state index in [1.165, 1.54) is 17.7 Å². The van der Waals surface area contributed by atoms with E-state index in [1.54, 1.807) is 12.1 Å². The van der Waals surface area contributed by atoms with Crippen LogP contribution in [-0.2, 0) is 24.2 Å². The maximum atomic E-state index is 13.2. The second-order valence-corrected chi connectivity index (χ2v) is 6.72. The fourth-order valence-corrected chi connectivity index (χ4v) is 3.34. The van der Waals surface area contributed by atoms with Gasteiger partial charge in [0.15, 0.2) is 0 Å². The van der Waals surface area contributed by atoms with Crippen LogP contribution < -0.4 is 10.6 Å². The number of pyridine rings is 1. The third-order valence-electron chi connectivity index (χ3n) is 4.70. The number of nitrogens with one attached hydrogen (secondary N) is 2. The first-order valence-electron chi connectivity index (χ1n) is 9.16. The molecule has 144 valence electrons. The summed E-state index contributed by atoms with van der Waals surface area (Å²) in [7, 11) is 0. The van der Waals surface area contributed by atoms with E-state index in [-0.39, 0.29) is 12.3 Å². The molecule has 2 aromatic heterocycles. The molecule has 1 aliphatic rings. The number of nitrogens with zero attached hydrogens (tertiary/aromatic N) is 3. The lowest BCUT2D eigenvalue weighted by molar-refractivity contribution is -0.116. The number of anilines is 1. The Morgan fingerprint density at radius 1 is 1.39 bits per heavy atom. The molecule has 0 radical (unpaired) electrons. The summed E-state index contributed by atoms with van der Waals surface area (Å²) in [4.78, 5) is 21.0. The molecule has 28 heavy (non-hydrogen) atoms. The first-order chi connectivity index (χ1) is 13.6. The number of fused-ring (bicyclic) bond motifs is 1. The van der Waals surface area contributed by atoms with Crippen LogP contribution in [0.2, 0.25) is 0 Å². The minimum Gasteiger partial charge on any atom is -0.339 e. The molecule has 0 spiro atoms. The number of benzene rings is 1. The number of amides is 1. The number of halogens is 1. The van der Waals surface area contributed by atoms with Crippen molar-refractivity contribution in [2.24, 2.45) is 0 Å². The zero-order valence-corrected chi connectivity index (χ0v) is 15.5. The van der Waals surface area contributed by atoms with E-state index in [2.05, 4.69) is 25.8 Å². The highest BCUT2D eigenvalue weighted by Gasteiger charge is 2.21. The lowest BCUT2D eigenvalue weighted by atomic mass is 9.95. The predicted octanol–water partition coefficient (Wildman–Crippen LogP) is 2.80. The molecule has 1 amide bonds. The first-order valence-corrected chi connectivity index (χ1v) is 9.16. The standard InChI is InChI=1S/C20H20FN5O2/c1-12-19(16-7-8-22-10-13(16)11-23-12)20-25-18(28-26-20)6-5-17(27)24-15-4-2-3-14(21)9-15/h2-4,9,11,22H,5-8,10H2,1H3,(H,24,27). The van der Waals surface area contributed by atoms with E-state index in [9.17, 15) is 9.18 Å². The molecule has 0 fully saturated rings. The largest absolute Gasteiger partial charge is 0.339 e. The van der Waals surface area contributed by atoms with Gasteiger partial charge in [0.05, 0.1) is 0 Å². The van der Waals surface area contributed by atoms with Crippen LogP contribution in [0.1, 0.15) is 29.1 Å². The normalized spacial score (nSPS) is 13.2. The smallest absolute Gasteiger partial charge is 0.227 e. The van der Waals surface area contributed by atoms with Crippen LogP contribution in [-0.4, -0.2) is 27.6 Å². The minimum absolute atomic E-state index is 0.159. The summed E-state index contributed by atoms with van der Waals surface area (Å²) in [6.07, 6.45) is 3.23. The average Bonchev–Trinajstić information content (AvgIpc) is 3.15. The summed E-state index contributed by atoms with van der Waals surface area (Å²) in [6.45, 7) is 3.61. The van der Waals surface area contributed by atoms with E-state index in [0.29, 0.717) is 23.8 Å². The predicted molar refractivity (Wildman–Crippen MR) is 101 cm³/mol. The molecule has 1 aliphatic heterocycles. The third-order valence-corrected chi connectivity index (χ3v) is 4.70. The molecule has 2 N–H and O–H groups in total. The topological polar surface area (TPSA) is 92.9 Å². The van der Waals surface area contributed by atoms with Crippen LogP contribution in [0, 0.1) is 12.7 Å². The summed E-state index contributed by atoms with van der Waals surface area (Å²) in [5, 5.41) is 10.1. The van der Waals surface area contributed by atoms with Crippen LogP contribution in [0.25, 0.3) is 11.4 Å². The summed E-state index contributed by atoms with van der Waals surface area (Å²) >= 11 is 0. The van der Waals surface area contributed by atoms with Gasteiger partial charge >= 0.3 is 0 Å². The molecular formula is C20H20FN5O2. The van der Waals surface area contributed by atoms with Gasteiger partial charge in [-0.1, -0.05) is 11.2 Å². The number of carbonyl (C=O) groups excluding carboxylic acids is 1. The zero-order valence-electron chi connectivity index (χ0n) is 15.5. The Morgan fingerprint density at radius 3 is 3.14 bits per heavy atom. The van der Waals surface area contributed by atoms with Gasteiger partial charge in [0.2, 0.25) is 17.6 Å². The number of hydrogen-bond donors (Lipinski definition) is 2. The highest BCUT2D eigenvalue weighted by Crippen LogP contribution is 2.28. The first kappa shape index (κ1) is 18.2. The average molecular weight is 381 g/mol. The van der Waals surface area contributed by atoms with Crippen molar-refractivity contribution in [1.29, 1.82) is 0 Å². The molecule has 0 unspecified atom stereocenters. The van der Waals surface area contributed by atoms with Crippen LogP contribution in [0.5, 0.6) is 0 Å². The van der Waals surface area contributed by atoms with Gasteiger partial charge < -0.3 is 15.2 Å². The SMILES string of the molecule is Cc1ncc2c(c1-c1noc(CCC(=O)Nc3cccc(F)c3)n1)CCNC2. The molecule has 8 heteroatoms. The van der Waals surface area contributed by atoms with Crippen molar-refractivity contribution >= 4 is 11.6 Å². The molecule has 1 aromatic carbocycles. The van der Waals surface area contributed by atoms with Crippen molar-refractivity contribution < 1.29 is 13.7 Å². The van der Waals surface area contributed by atoms with E-state index in [4.69, 9.17) is 4.52 Å². The maximum Gasteiger partial charge on any atom is 0.227 e. The van der Waals surface area contributed by atoms with Crippen LogP contribution >= 0.6 is 0 Å². The molecule has 0 aliphatic carbocycles. The van der Waals surface area contributed by atoms with Crippen molar-refractivity contribution in [3.8, 4) is 11.4 Å². The van der Waals surface area contributed by atoms with Gasteiger partial charge in [0.1, 0.15) is 5.82 Å². The molecule has 4 rings (SSSR count). The summed E-state index contributed by atoms with van der Waals surface area (Å²) in [6, 6.07) is 5.77. The van der Waals surface area contributed by atoms with Crippen molar-refractivity contribution in [3.05, 3.63) is 59.0 Å². The Balaban J connectivity index is 1.45. The molecule has 0 saturated carbocycles. The van der Waals surface area contributed by atoms with E-state index < -0.39 is 5.82 Å². The highest BCUT2D eigenvalue weighted by molar-refractivity contribution is 5.90. The molecular weight excluding hydrogens is 361 g/mol. The summed E-state index contributed by atoms with van der Waals surface area (Å²) in [5.41, 5.74) is 4.53. The number of hydrogen-bond acceptors (Lipinski definition) is 6. The zero-order chi connectivity index (χ0) is 19.5. The molecule has 0 saturated heterocycles. The number of carbonyl (C=O) groups is 1. The van der Waals surface area contributed by atoms with Gasteiger partial charge in [-0.3, -0.25) is 9.78 Å². The Labute approximate surface area is 161 Å². The maximum absolute atomic E-state index is 13.2. The second-order valence-electron chi connectivity index (χ2n) is 6.72. The molecule has 3 heterocycles. The molecule has 0 atom stereocenters.